The maximum atomic E-state index is 12.4. The predicted octanol–water partition coefficient (Wildman–Crippen LogP) is 2.03. The van der Waals surface area contributed by atoms with E-state index in [0.29, 0.717) is 16.6 Å². The monoisotopic (exact) mass is 384 g/mol. The minimum absolute atomic E-state index is 0.0867. The van der Waals surface area contributed by atoms with Crippen molar-refractivity contribution in [1.29, 1.82) is 0 Å². The van der Waals surface area contributed by atoms with Crippen LogP contribution in [0.1, 0.15) is 11.3 Å². The number of rotatable bonds is 6. The van der Waals surface area contributed by atoms with Crippen LogP contribution in [-0.4, -0.2) is 64.2 Å². The van der Waals surface area contributed by atoms with Gasteiger partial charge in [-0.2, -0.15) is 0 Å². The van der Waals surface area contributed by atoms with Crippen molar-refractivity contribution in [2.24, 2.45) is 0 Å². The molecule has 3 rings (SSSR count). The molecule has 1 aliphatic rings. The molecule has 1 fully saturated rings. The Labute approximate surface area is 163 Å². The predicted molar refractivity (Wildman–Crippen MR) is 109 cm³/mol. The number of amides is 1. The second-order valence-corrected chi connectivity index (χ2v) is 7.44. The molecule has 2 aromatic rings. The van der Waals surface area contributed by atoms with Crippen molar-refractivity contribution in [3.63, 3.8) is 0 Å². The van der Waals surface area contributed by atoms with Crippen LogP contribution in [0, 0.1) is 6.92 Å². The number of carbonyl (C=O) groups excluding carboxylic acids is 1. The second-order valence-electron chi connectivity index (χ2n) is 6.48. The number of thioether (sulfide) groups is 1. The average Bonchev–Trinajstić information content (AvgIpc) is 2.67. The molecule has 0 atom stereocenters. The van der Waals surface area contributed by atoms with Crippen molar-refractivity contribution in [2.45, 2.75) is 12.1 Å². The topological polar surface area (TPSA) is 69.3 Å². The van der Waals surface area contributed by atoms with E-state index in [9.17, 15) is 9.59 Å². The van der Waals surface area contributed by atoms with Gasteiger partial charge in [0, 0.05) is 44.5 Å². The van der Waals surface area contributed by atoms with Crippen LogP contribution in [0.4, 0.5) is 0 Å². The first-order chi connectivity index (χ1) is 13.1. The van der Waals surface area contributed by atoms with Gasteiger partial charge in [0.1, 0.15) is 0 Å². The Morgan fingerprint density at radius 1 is 1.22 bits per heavy atom. The summed E-state index contributed by atoms with van der Waals surface area (Å²) in [5.74, 6) is 0.379. The molecule has 1 saturated heterocycles. The Morgan fingerprint density at radius 3 is 2.67 bits per heavy atom. The zero-order valence-corrected chi connectivity index (χ0v) is 16.2. The number of piperazine rings is 1. The Bertz CT molecular complexity index is 843. The third kappa shape index (κ3) is 6.08. The fourth-order valence-electron chi connectivity index (χ4n) is 2.92. The van der Waals surface area contributed by atoms with Crippen LogP contribution < -0.4 is 5.56 Å². The second kappa shape index (κ2) is 9.53. The van der Waals surface area contributed by atoms with Crippen LogP contribution in [-0.2, 0) is 4.79 Å². The van der Waals surface area contributed by atoms with Gasteiger partial charge in [-0.3, -0.25) is 14.5 Å². The number of hydrogen-bond acceptors (Lipinski definition) is 5. The van der Waals surface area contributed by atoms with Crippen LogP contribution in [0.25, 0.3) is 6.08 Å². The van der Waals surface area contributed by atoms with Gasteiger partial charge in [0.15, 0.2) is 5.16 Å². The van der Waals surface area contributed by atoms with E-state index in [-0.39, 0.29) is 11.5 Å². The van der Waals surface area contributed by atoms with E-state index in [1.54, 1.807) is 6.92 Å². The fraction of sp³-hybridized carbons (Fsp3) is 0.350. The summed E-state index contributed by atoms with van der Waals surface area (Å²) in [5, 5.41) is 0.498. The lowest BCUT2D eigenvalue weighted by atomic mass is 10.2. The summed E-state index contributed by atoms with van der Waals surface area (Å²) in [6.07, 6.45) is 4.30. The van der Waals surface area contributed by atoms with Crippen molar-refractivity contribution in [3.8, 4) is 0 Å². The van der Waals surface area contributed by atoms with Gasteiger partial charge in [0.2, 0.25) is 5.91 Å². The Hall–Kier alpha value is -2.38. The zero-order chi connectivity index (χ0) is 19.1. The molecule has 0 radical (unpaired) electrons. The van der Waals surface area contributed by atoms with Gasteiger partial charge in [-0.1, -0.05) is 54.2 Å². The number of nitrogens with zero attached hydrogens (tertiary/aromatic N) is 3. The first-order valence-corrected chi connectivity index (χ1v) is 10.0. The molecule has 1 aromatic heterocycles. The molecule has 0 unspecified atom stereocenters. The Kier molecular flexibility index (Phi) is 6.84. The zero-order valence-electron chi connectivity index (χ0n) is 15.4. The Morgan fingerprint density at radius 2 is 1.96 bits per heavy atom. The number of aromatic nitrogens is 2. The summed E-state index contributed by atoms with van der Waals surface area (Å²) in [7, 11) is 0. The lowest BCUT2D eigenvalue weighted by Crippen LogP contribution is -2.49. The molecule has 142 valence electrons. The molecule has 6 nitrogen and oxygen atoms in total. The van der Waals surface area contributed by atoms with E-state index < -0.39 is 0 Å². The Balaban J connectivity index is 1.41. The van der Waals surface area contributed by atoms with Crippen LogP contribution in [0.15, 0.2) is 52.4 Å². The largest absolute Gasteiger partial charge is 0.339 e. The summed E-state index contributed by atoms with van der Waals surface area (Å²) in [6.45, 7) is 5.86. The number of aromatic amines is 1. The van der Waals surface area contributed by atoms with Gasteiger partial charge in [0.05, 0.1) is 5.75 Å². The highest BCUT2D eigenvalue weighted by Crippen LogP contribution is 2.13. The van der Waals surface area contributed by atoms with Crippen molar-refractivity contribution in [2.75, 3.05) is 38.5 Å². The van der Waals surface area contributed by atoms with E-state index in [1.807, 2.05) is 23.1 Å². The summed E-state index contributed by atoms with van der Waals surface area (Å²) in [4.78, 5) is 35.0. The molecule has 1 aromatic carbocycles. The molecule has 2 heterocycles. The molecule has 0 bridgehead atoms. The molecule has 0 spiro atoms. The van der Waals surface area contributed by atoms with Gasteiger partial charge in [-0.25, -0.2) is 4.98 Å². The normalized spacial score (nSPS) is 15.4. The van der Waals surface area contributed by atoms with Gasteiger partial charge in [-0.15, -0.1) is 0 Å². The van der Waals surface area contributed by atoms with Crippen LogP contribution in [0.2, 0.25) is 0 Å². The number of nitrogens with one attached hydrogen (secondary N) is 1. The van der Waals surface area contributed by atoms with Crippen molar-refractivity contribution >= 4 is 23.7 Å². The van der Waals surface area contributed by atoms with Crippen LogP contribution in [0.3, 0.4) is 0 Å². The van der Waals surface area contributed by atoms with Crippen molar-refractivity contribution < 1.29 is 4.79 Å². The maximum Gasteiger partial charge on any atom is 0.251 e. The summed E-state index contributed by atoms with van der Waals surface area (Å²) in [5.41, 5.74) is 1.67. The standard InChI is InChI=1S/C20H24N4O2S/c1-16-14-18(25)22-20(21-16)27-15-19(26)24-12-10-23(11-13-24)9-5-8-17-6-3-2-4-7-17/h2-8,14H,9-13,15H2,1H3,(H,21,22,25)/b8-5+. The molecule has 0 aliphatic carbocycles. The van der Waals surface area contributed by atoms with Crippen LogP contribution >= 0.6 is 11.8 Å². The minimum atomic E-state index is -0.186. The van der Waals surface area contributed by atoms with Gasteiger partial charge in [-0.05, 0) is 12.5 Å². The number of carbonyl (C=O) groups is 1. The van der Waals surface area contributed by atoms with Gasteiger partial charge < -0.3 is 9.88 Å². The average molecular weight is 385 g/mol. The molecule has 0 saturated carbocycles. The lowest BCUT2D eigenvalue weighted by Gasteiger charge is -2.34. The SMILES string of the molecule is Cc1cc(=O)[nH]c(SCC(=O)N2CCN(C/C=C/c3ccccc3)CC2)n1. The number of hydrogen-bond donors (Lipinski definition) is 1. The van der Waals surface area contributed by atoms with E-state index in [1.165, 1.54) is 23.4 Å². The third-order valence-electron chi connectivity index (χ3n) is 4.38. The quantitative estimate of drug-likeness (QED) is 0.610. The summed E-state index contributed by atoms with van der Waals surface area (Å²) in [6, 6.07) is 11.7. The number of H-pyrrole nitrogens is 1. The molecule has 1 aliphatic heterocycles. The molecule has 7 heteroatoms. The van der Waals surface area contributed by atoms with E-state index in [2.05, 4.69) is 39.2 Å². The molecular formula is C20H24N4O2S. The summed E-state index contributed by atoms with van der Waals surface area (Å²) < 4.78 is 0. The first kappa shape index (κ1) is 19.4. The highest BCUT2D eigenvalue weighted by atomic mass is 32.2. The molecular weight excluding hydrogens is 360 g/mol. The number of aryl methyl sites for hydroxylation is 1. The van der Waals surface area contributed by atoms with Crippen LogP contribution in [0.5, 0.6) is 0 Å². The van der Waals surface area contributed by atoms with Gasteiger partial charge >= 0.3 is 0 Å². The first-order valence-electron chi connectivity index (χ1n) is 9.02. The van der Waals surface area contributed by atoms with E-state index in [4.69, 9.17) is 0 Å². The number of benzene rings is 1. The lowest BCUT2D eigenvalue weighted by molar-refractivity contribution is -0.130. The van der Waals surface area contributed by atoms with E-state index in [0.717, 1.165) is 32.7 Å². The molecule has 1 amide bonds. The third-order valence-corrected chi connectivity index (χ3v) is 5.24. The fourth-order valence-corrected chi connectivity index (χ4v) is 3.75. The summed E-state index contributed by atoms with van der Waals surface area (Å²) >= 11 is 1.28. The minimum Gasteiger partial charge on any atom is -0.339 e. The highest BCUT2D eigenvalue weighted by molar-refractivity contribution is 7.99. The molecule has 27 heavy (non-hydrogen) atoms. The van der Waals surface area contributed by atoms with E-state index >= 15 is 0 Å². The van der Waals surface area contributed by atoms with Gasteiger partial charge in [0.25, 0.3) is 5.56 Å². The molecule has 1 N–H and O–H groups in total. The van der Waals surface area contributed by atoms with Crippen molar-refractivity contribution in [3.05, 3.63) is 64.1 Å². The highest BCUT2D eigenvalue weighted by Gasteiger charge is 2.20. The van der Waals surface area contributed by atoms with Crippen molar-refractivity contribution in [1.82, 2.24) is 19.8 Å². The maximum absolute atomic E-state index is 12.4. The smallest absolute Gasteiger partial charge is 0.251 e.